The summed E-state index contributed by atoms with van der Waals surface area (Å²) in [6, 6.07) is 24.7. The van der Waals surface area contributed by atoms with Gasteiger partial charge in [0, 0.05) is 44.3 Å². The summed E-state index contributed by atoms with van der Waals surface area (Å²) >= 11 is 0. The van der Waals surface area contributed by atoms with E-state index in [9.17, 15) is 9.90 Å². The number of aromatic nitrogens is 2. The summed E-state index contributed by atoms with van der Waals surface area (Å²) in [7, 11) is 1.64. The number of ether oxygens (including phenoxy) is 1. The Balaban J connectivity index is 1.19. The number of hydrogen-bond donors (Lipinski definition) is 2. The Morgan fingerprint density at radius 2 is 1.74 bits per heavy atom. The molecular weight excluding hydrogens is 488 g/mol. The third kappa shape index (κ3) is 5.39. The standard InChI is InChI=1S/C32H34N4O3/c1-39-27-12-10-25(11-13-27)36-21-34-30-19-33-29(18-31(38)32(30)36)23-8-6-22(7-9-23)28-5-3-2-4-24(28)20-35-16-14-26(37)15-17-35/h2-13,21,26,29,33,37H,14-20H2,1H3. The molecule has 4 aromatic rings. The van der Waals surface area contributed by atoms with Gasteiger partial charge in [-0.15, -0.1) is 0 Å². The van der Waals surface area contributed by atoms with Crippen LogP contribution in [0, 0.1) is 0 Å². The first kappa shape index (κ1) is 25.5. The highest BCUT2D eigenvalue weighted by Crippen LogP contribution is 2.30. The van der Waals surface area contributed by atoms with Gasteiger partial charge in [-0.1, -0.05) is 48.5 Å². The maximum atomic E-state index is 13.5. The van der Waals surface area contributed by atoms with E-state index in [1.54, 1.807) is 13.4 Å². The number of imidazole rings is 1. The average Bonchev–Trinajstić information content (AvgIpc) is 3.33. The summed E-state index contributed by atoms with van der Waals surface area (Å²) in [6.07, 6.45) is 3.61. The zero-order chi connectivity index (χ0) is 26.8. The van der Waals surface area contributed by atoms with E-state index < -0.39 is 0 Å². The van der Waals surface area contributed by atoms with E-state index in [0.717, 1.165) is 55.2 Å². The third-order valence-electron chi connectivity index (χ3n) is 7.96. The van der Waals surface area contributed by atoms with Gasteiger partial charge in [0.25, 0.3) is 0 Å². The fourth-order valence-electron chi connectivity index (χ4n) is 5.71. The van der Waals surface area contributed by atoms with Crippen molar-refractivity contribution in [2.45, 2.75) is 44.5 Å². The lowest BCUT2D eigenvalue weighted by molar-refractivity contribution is 0.0793. The first-order valence-electron chi connectivity index (χ1n) is 13.6. The molecule has 1 unspecified atom stereocenters. The summed E-state index contributed by atoms with van der Waals surface area (Å²) in [6.45, 7) is 3.26. The largest absolute Gasteiger partial charge is 0.497 e. The molecule has 1 fully saturated rings. The summed E-state index contributed by atoms with van der Waals surface area (Å²) in [5, 5.41) is 13.4. The molecule has 2 N–H and O–H groups in total. The van der Waals surface area contributed by atoms with Gasteiger partial charge in [-0.3, -0.25) is 14.3 Å². The second kappa shape index (κ2) is 11.1. The van der Waals surface area contributed by atoms with E-state index in [1.165, 1.54) is 16.7 Å². The Kier molecular flexibility index (Phi) is 7.28. The highest BCUT2D eigenvalue weighted by Gasteiger charge is 2.28. The number of carbonyl (C=O) groups is 1. The van der Waals surface area contributed by atoms with Crippen LogP contribution < -0.4 is 10.1 Å². The molecule has 0 spiro atoms. The summed E-state index contributed by atoms with van der Waals surface area (Å²) in [4.78, 5) is 20.4. The molecule has 1 atom stereocenters. The second-order valence-corrected chi connectivity index (χ2v) is 10.5. The Bertz CT molecular complexity index is 1440. The molecule has 0 bridgehead atoms. The van der Waals surface area contributed by atoms with Crippen molar-refractivity contribution in [1.82, 2.24) is 19.8 Å². The van der Waals surface area contributed by atoms with Crippen LogP contribution in [0.2, 0.25) is 0 Å². The van der Waals surface area contributed by atoms with Gasteiger partial charge in [0.2, 0.25) is 0 Å². The summed E-state index contributed by atoms with van der Waals surface area (Å²) in [5.74, 6) is 0.852. The molecule has 0 amide bonds. The zero-order valence-corrected chi connectivity index (χ0v) is 22.2. The van der Waals surface area contributed by atoms with Crippen molar-refractivity contribution in [2.75, 3.05) is 20.2 Å². The van der Waals surface area contributed by atoms with E-state index in [1.807, 2.05) is 28.8 Å². The highest BCUT2D eigenvalue weighted by atomic mass is 16.5. The van der Waals surface area contributed by atoms with Gasteiger partial charge >= 0.3 is 0 Å². The number of aliphatic hydroxyl groups excluding tert-OH is 1. The molecular formula is C32H34N4O3. The molecule has 0 radical (unpaired) electrons. The number of Topliss-reactive ketones (excluding diaryl/α,β-unsaturated/α-hetero) is 1. The van der Waals surface area contributed by atoms with E-state index in [0.29, 0.717) is 18.7 Å². The lowest BCUT2D eigenvalue weighted by Crippen LogP contribution is -2.35. The van der Waals surface area contributed by atoms with E-state index in [4.69, 9.17) is 4.74 Å². The maximum Gasteiger partial charge on any atom is 0.183 e. The van der Waals surface area contributed by atoms with Crippen molar-refractivity contribution in [3.8, 4) is 22.6 Å². The minimum absolute atomic E-state index is 0.0781. The minimum Gasteiger partial charge on any atom is -0.497 e. The molecule has 7 nitrogen and oxygen atoms in total. The fourth-order valence-corrected chi connectivity index (χ4v) is 5.71. The number of hydrogen-bond acceptors (Lipinski definition) is 6. The van der Waals surface area contributed by atoms with Crippen molar-refractivity contribution in [3.63, 3.8) is 0 Å². The number of benzene rings is 3. The van der Waals surface area contributed by atoms with E-state index in [2.05, 4.69) is 63.7 Å². The minimum atomic E-state index is -0.165. The number of nitrogens with zero attached hydrogens (tertiary/aromatic N) is 3. The van der Waals surface area contributed by atoms with Crippen LogP contribution in [0.25, 0.3) is 16.8 Å². The predicted molar refractivity (Wildman–Crippen MR) is 151 cm³/mol. The molecule has 6 rings (SSSR count). The molecule has 3 aromatic carbocycles. The SMILES string of the molecule is COc1ccc(-n2cnc3c2C(=O)CC(c2ccc(-c4ccccc4CN4CCC(O)CC4)cc2)NC3)cc1. The molecule has 2 aliphatic heterocycles. The van der Waals surface area contributed by atoms with Gasteiger partial charge in [-0.25, -0.2) is 4.98 Å². The molecule has 1 saturated heterocycles. The van der Waals surface area contributed by atoms with Crippen LogP contribution in [-0.4, -0.2) is 51.6 Å². The van der Waals surface area contributed by atoms with Gasteiger partial charge in [0.15, 0.2) is 5.78 Å². The predicted octanol–water partition coefficient (Wildman–Crippen LogP) is 4.92. The van der Waals surface area contributed by atoms with Crippen LogP contribution >= 0.6 is 0 Å². The van der Waals surface area contributed by atoms with E-state index >= 15 is 0 Å². The first-order chi connectivity index (χ1) is 19.1. The second-order valence-electron chi connectivity index (χ2n) is 10.5. The molecule has 200 valence electrons. The van der Waals surface area contributed by atoms with Gasteiger partial charge in [0.1, 0.15) is 17.8 Å². The van der Waals surface area contributed by atoms with Gasteiger partial charge in [-0.05, 0) is 59.4 Å². The Morgan fingerprint density at radius 3 is 2.49 bits per heavy atom. The number of aliphatic hydroxyl groups is 1. The Labute approximate surface area is 229 Å². The van der Waals surface area contributed by atoms with E-state index in [-0.39, 0.29) is 17.9 Å². The van der Waals surface area contributed by atoms with Gasteiger partial charge < -0.3 is 15.2 Å². The van der Waals surface area contributed by atoms with Crippen molar-refractivity contribution in [3.05, 3.63) is 102 Å². The van der Waals surface area contributed by atoms with Crippen LogP contribution in [-0.2, 0) is 13.1 Å². The number of rotatable bonds is 6. The lowest BCUT2D eigenvalue weighted by Gasteiger charge is -2.30. The summed E-state index contributed by atoms with van der Waals surface area (Å²) in [5.41, 5.74) is 7.09. The number of piperidine rings is 1. The molecule has 0 saturated carbocycles. The van der Waals surface area contributed by atoms with Gasteiger partial charge in [0.05, 0.1) is 18.9 Å². The topological polar surface area (TPSA) is 79.6 Å². The number of likely N-dealkylation sites (tertiary alicyclic amines) is 1. The number of fused-ring (bicyclic) bond motifs is 1. The monoisotopic (exact) mass is 522 g/mol. The highest BCUT2D eigenvalue weighted by molar-refractivity contribution is 5.97. The fraction of sp³-hybridized carbons (Fsp3) is 0.312. The molecule has 3 heterocycles. The Morgan fingerprint density at radius 1 is 1.00 bits per heavy atom. The van der Waals surface area contributed by atoms with Crippen LogP contribution in [0.5, 0.6) is 5.75 Å². The van der Waals surface area contributed by atoms with Crippen molar-refractivity contribution in [2.24, 2.45) is 0 Å². The van der Waals surface area contributed by atoms with Crippen LogP contribution in [0.1, 0.15) is 52.6 Å². The number of carbonyl (C=O) groups excluding carboxylic acids is 1. The quantitative estimate of drug-likeness (QED) is 0.374. The molecule has 39 heavy (non-hydrogen) atoms. The molecule has 0 aliphatic carbocycles. The number of methoxy groups -OCH3 is 1. The molecule has 2 aliphatic rings. The molecule has 7 heteroatoms. The molecule has 1 aromatic heterocycles. The average molecular weight is 523 g/mol. The van der Waals surface area contributed by atoms with Crippen molar-refractivity contribution < 1.29 is 14.6 Å². The normalized spacial score (nSPS) is 18.5. The third-order valence-corrected chi connectivity index (χ3v) is 7.96. The van der Waals surface area contributed by atoms with Crippen molar-refractivity contribution in [1.29, 1.82) is 0 Å². The smallest absolute Gasteiger partial charge is 0.183 e. The van der Waals surface area contributed by atoms with Crippen molar-refractivity contribution >= 4 is 5.78 Å². The zero-order valence-electron chi connectivity index (χ0n) is 22.2. The Hall–Kier alpha value is -3.78. The van der Waals surface area contributed by atoms with Crippen LogP contribution in [0.4, 0.5) is 0 Å². The lowest BCUT2D eigenvalue weighted by atomic mass is 9.95. The van der Waals surface area contributed by atoms with Gasteiger partial charge in [-0.2, -0.15) is 0 Å². The number of nitrogens with one attached hydrogen (secondary N) is 1. The maximum absolute atomic E-state index is 13.5. The first-order valence-corrected chi connectivity index (χ1v) is 13.6. The van der Waals surface area contributed by atoms with Crippen LogP contribution in [0.15, 0.2) is 79.1 Å². The van der Waals surface area contributed by atoms with Crippen LogP contribution in [0.3, 0.4) is 0 Å². The summed E-state index contributed by atoms with van der Waals surface area (Å²) < 4.78 is 7.15. The number of ketones is 1.